The van der Waals surface area contributed by atoms with Gasteiger partial charge in [0.1, 0.15) is 0 Å². The number of H-pyrrole nitrogens is 1. The summed E-state index contributed by atoms with van der Waals surface area (Å²) in [5.41, 5.74) is 7.12. The molecule has 0 fully saturated rings. The van der Waals surface area contributed by atoms with Crippen molar-refractivity contribution < 1.29 is 4.79 Å². The first-order chi connectivity index (χ1) is 12.4. The molecule has 26 heavy (non-hydrogen) atoms. The van der Waals surface area contributed by atoms with Gasteiger partial charge in [-0.15, -0.1) is 0 Å². The molecule has 1 amide bonds. The van der Waals surface area contributed by atoms with E-state index in [4.69, 9.17) is 0 Å². The Morgan fingerprint density at radius 3 is 2.54 bits per heavy atom. The number of amides is 1. The molecule has 1 heterocycles. The van der Waals surface area contributed by atoms with Crippen molar-refractivity contribution in [2.75, 3.05) is 0 Å². The van der Waals surface area contributed by atoms with Crippen molar-refractivity contribution in [3.63, 3.8) is 0 Å². The topological polar surface area (TPSA) is 57.2 Å². The number of aryl methyl sites for hydroxylation is 1. The minimum atomic E-state index is -0.0915. The van der Waals surface area contributed by atoms with E-state index in [0.29, 0.717) is 12.8 Å². The first kappa shape index (κ1) is 17.9. The van der Waals surface area contributed by atoms with Gasteiger partial charge in [0.2, 0.25) is 5.91 Å². The summed E-state index contributed by atoms with van der Waals surface area (Å²) in [4.78, 5) is 15.3. The molecule has 0 unspecified atom stereocenters. The number of carbonyl (C=O) groups excluding carboxylic acids is 1. The fourth-order valence-electron chi connectivity index (χ4n) is 2.82. The van der Waals surface area contributed by atoms with Crippen molar-refractivity contribution in [3.05, 3.63) is 71.4 Å². The summed E-state index contributed by atoms with van der Waals surface area (Å²) < 4.78 is 0. The molecule has 3 rings (SSSR count). The van der Waals surface area contributed by atoms with E-state index >= 15 is 0 Å². The van der Waals surface area contributed by atoms with Crippen LogP contribution in [0.4, 0.5) is 0 Å². The zero-order valence-electron chi connectivity index (χ0n) is 15.5. The van der Waals surface area contributed by atoms with Crippen LogP contribution in [0.2, 0.25) is 0 Å². The summed E-state index contributed by atoms with van der Waals surface area (Å²) in [6, 6.07) is 18.4. The highest BCUT2D eigenvalue weighted by Crippen LogP contribution is 2.21. The maximum absolute atomic E-state index is 12.0. The van der Waals surface area contributed by atoms with E-state index in [1.807, 2.05) is 30.3 Å². The lowest BCUT2D eigenvalue weighted by Crippen LogP contribution is -2.18. The van der Waals surface area contributed by atoms with Gasteiger partial charge >= 0.3 is 0 Å². The summed E-state index contributed by atoms with van der Waals surface area (Å²) in [6.07, 6.45) is 2.73. The number of nitrogens with zero attached hydrogens (tertiary/aromatic N) is 1. The zero-order chi connectivity index (χ0) is 18.6. The molecular formula is C22H25N3O. The van der Waals surface area contributed by atoms with Gasteiger partial charge in [-0.2, -0.15) is 5.10 Å². The Balaban J connectivity index is 1.49. The van der Waals surface area contributed by atoms with E-state index in [-0.39, 0.29) is 11.3 Å². The predicted octanol–water partition coefficient (Wildman–Crippen LogP) is 4.55. The average Bonchev–Trinajstić information content (AvgIpc) is 3.03. The van der Waals surface area contributed by atoms with Gasteiger partial charge in [-0.05, 0) is 40.5 Å². The van der Waals surface area contributed by atoms with Gasteiger partial charge in [0.15, 0.2) is 0 Å². The average molecular weight is 347 g/mol. The molecule has 0 aliphatic heterocycles. The van der Waals surface area contributed by atoms with Crippen molar-refractivity contribution in [2.24, 2.45) is 5.10 Å². The molecule has 0 saturated heterocycles. The molecule has 2 N–H and O–H groups in total. The SMILES string of the molecule is CC(C)(C)c1ccc(C=NNC(=O)CCc2cc3ccccc3[nH]2)cc1. The largest absolute Gasteiger partial charge is 0.358 e. The number of fused-ring (bicyclic) bond motifs is 1. The molecule has 4 nitrogen and oxygen atoms in total. The molecule has 0 bridgehead atoms. The van der Waals surface area contributed by atoms with Crippen LogP contribution in [0.25, 0.3) is 10.9 Å². The molecule has 1 aromatic heterocycles. The second-order valence-corrected chi connectivity index (χ2v) is 7.55. The van der Waals surface area contributed by atoms with Gasteiger partial charge in [0.05, 0.1) is 6.21 Å². The van der Waals surface area contributed by atoms with Crippen LogP contribution in [-0.4, -0.2) is 17.1 Å². The summed E-state index contributed by atoms with van der Waals surface area (Å²) in [5.74, 6) is -0.0915. The minimum Gasteiger partial charge on any atom is -0.358 e. The van der Waals surface area contributed by atoms with Gasteiger partial charge in [0, 0.05) is 17.6 Å². The van der Waals surface area contributed by atoms with Gasteiger partial charge in [-0.3, -0.25) is 4.79 Å². The molecular weight excluding hydrogens is 322 g/mol. The molecule has 0 radical (unpaired) electrons. The van der Waals surface area contributed by atoms with Crippen molar-refractivity contribution >= 4 is 23.0 Å². The second kappa shape index (κ2) is 7.56. The van der Waals surface area contributed by atoms with Crippen LogP contribution in [-0.2, 0) is 16.6 Å². The number of aromatic amines is 1. The van der Waals surface area contributed by atoms with Crippen LogP contribution in [0.1, 0.15) is 44.0 Å². The highest BCUT2D eigenvalue weighted by molar-refractivity contribution is 5.83. The van der Waals surface area contributed by atoms with Crippen LogP contribution in [0.3, 0.4) is 0 Å². The van der Waals surface area contributed by atoms with Crippen molar-refractivity contribution in [3.8, 4) is 0 Å². The van der Waals surface area contributed by atoms with Crippen LogP contribution >= 0.6 is 0 Å². The van der Waals surface area contributed by atoms with Crippen LogP contribution in [0.15, 0.2) is 59.7 Å². The maximum atomic E-state index is 12.0. The van der Waals surface area contributed by atoms with E-state index in [2.05, 4.69) is 60.5 Å². The standard InChI is InChI=1S/C22H25N3O/c1-22(2,3)18-10-8-16(9-11-18)15-23-25-21(26)13-12-19-14-17-6-4-5-7-20(17)24-19/h4-11,14-15,24H,12-13H2,1-3H3,(H,25,26). The minimum absolute atomic E-state index is 0.0915. The maximum Gasteiger partial charge on any atom is 0.240 e. The predicted molar refractivity (Wildman–Crippen MR) is 107 cm³/mol. The fourth-order valence-corrected chi connectivity index (χ4v) is 2.82. The third kappa shape index (κ3) is 4.60. The number of hydrogen-bond donors (Lipinski definition) is 2. The molecule has 0 spiro atoms. The van der Waals surface area contributed by atoms with E-state index in [1.165, 1.54) is 10.9 Å². The molecule has 0 atom stereocenters. The van der Waals surface area contributed by atoms with Crippen molar-refractivity contribution in [1.82, 2.24) is 10.4 Å². The van der Waals surface area contributed by atoms with Crippen LogP contribution in [0, 0.1) is 0 Å². The second-order valence-electron chi connectivity index (χ2n) is 7.55. The fraction of sp³-hybridized carbons (Fsp3) is 0.273. The Morgan fingerprint density at radius 2 is 1.85 bits per heavy atom. The highest BCUT2D eigenvalue weighted by Gasteiger charge is 2.12. The molecule has 0 aliphatic carbocycles. The van der Waals surface area contributed by atoms with E-state index < -0.39 is 0 Å². The van der Waals surface area contributed by atoms with Crippen LogP contribution < -0.4 is 5.43 Å². The first-order valence-electron chi connectivity index (χ1n) is 8.91. The van der Waals surface area contributed by atoms with E-state index in [0.717, 1.165) is 16.8 Å². The third-order valence-electron chi connectivity index (χ3n) is 4.39. The van der Waals surface area contributed by atoms with E-state index in [1.54, 1.807) is 6.21 Å². The molecule has 134 valence electrons. The number of nitrogens with one attached hydrogen (secondary N) is 2. The lowest BCUT2D eigenvalue weighted by molar-refractivity contribution is -0.121. The molecule has 2 aromatic carbocycles. The summed E-state index contributed by atoms with van der Waals surface area (Å²) >= 11 is 0. The van der Waals surface area contributed by atoms with Crippen LogP contribution in [0.5, 0.6) is 0 Å². The zero-order valence-corrected chi connectivity index (χ0v) is 15.5. The monoisotopic (exact) mass is 347 g/mol. The quantitative estimate of drug-likeness (QED) is 0.516. The van der Waals surface area contributed by atoms with Gasteiger partial charge in [0.25, 0.3) is 0 Å². The van der Waals surface area contributed by atoms with Crippen molar-refractivity contribution in [1.29, 1.82) is 0 Å². The van der Waals surface area contributed by atoms with Gasteiger partial charge < -0.3 is 4.98 Å². The molecule has 0 saturated carbocycles. The third-order valence-corrected chi connectivity index (χ3v) is 4.39. The smallest absolute Gasteiger partial charge is 0.240 e. The molecule has 4 heteroatoms. The lowest BCUT2D eigenvalue weighted by atomic mass is 9.87. The highest BCUT2D eigenvalue weighted by atomic mass is 16.2. The Hall–Kier alpha value is -2.88. The number of para-hydroxylation sites is 1. The summed E-state index contributed by atoms with van der Waals surface area (Å²) in [5, 5.41) is 5.22. The lowest BCUT2D eigenvalue weighted by Gasteiger charge is -2.18. The normalized spacial score (nSPS) is 12.0. The van der Waals surface area contributed by atoms with Gasteiger partial charge in [-0.25, -0.2) is 5.43 Å². The number of carbonyl (C=O) groups is 1. The number of benzene rings is 2. The summed E-state index contributed by atoms with van der Waals surface area (Å²) in [7, 11) is 0. The molecule has 3 aromatic rings. The number of rotatable bonds is 5. The van der Waals surface area contributed by atoms with Gasteiger partial charge in [-0.1, -0.05) is 63.2 Å². The Labute approximate surface area is 154 Å². The summed E-state index contributed by atoms with van der Waals surface area (Å²) in [6.45, 7) is 6.55. The number of hydrogen-bond acceptors (Lipinski definition) is 2. The molecule has 0 aliphatic rings. The Kier molecular flexibility index (Phi) is 5.21. The first-order valence-corrected chi connectivity index (χ1v) is 8.91. The number of hydrazone groups is 1. The Bertz CT molecular complexity index is 881. The van der Waals surface area contributed by atoms with Crippen molar-refractivity contribution in [2.45, 2.75) is 39.0 Å². The van der Waals surface area contributed by atoms with E-state index in [9.17, 15) is 4.79 Å². The number of aromatic nitrogens is 1. The Morgan fingerprint density at radius 1 is 1.12 bits per heavy atom.